The van der Waals surface area contributed by atoms with Crippen LogP contribution < -0.4 is 31.1 Å². The Hall–Kier alpha value is -3.64. The third kappa shape index (κ3) is 74.9. The van der Waals surface area contributed by atoms with Crippen molar-refractivity contribution in [2.75, 3.05) is 65.9 Å². The Morgan fingerprint density at radius 2 is 0.631 bits per heavy atom. The second-order valence-corrected chi connectivity index (χ2v) is 33.1. The Labute approximate surface area is 672 Å². The Morgan fingerprint density at radius 1 is 0.342 bits per heavy atom. The lowest BCUT2D eigenvalue weighted by Gasteiger charge is -2.27. The van der Waals surface area contributed by atoms with Crippen molar-refractivity contribution in [1.82, 2.24) is 21.3 Å². The minimum absolute atomic E-state index is 0.132. The third-order valence-electron chi connectivity index (χ3n) is 19.3. The quantitative estimate of drug-likeness (QED) is 0.0108. The van der Waals surface area contributed by atoms with Crippen molar-refractivity contribution in [3.8, 4) is 0 Å². The van der Waals surface area contributed by atoms with Crippen molar-refractivity contribution < 1.29 is 94.9 Å². The van der Waals surface area contributed by atoms with Gasteiger partial charge in [-0.25, -0.2) is 0 Å². The van der Waals surface area contributed by atoms with E-state index in [-0.39, 0.29) is 64.3 Å². The van der Waals surface area contributed by atoms with Crippen LogP contribution >= 0.6 is 15.6 Å². The van der Waals surface area contributed by atoms with Gasteiger partial charge in [0.05, 0.1) is 90.0 Å². The first-order valence-corrected chi connectivity index (χ1v) is 47.2. The molecule has 0 saturated heterocycles. The number of phosphoric ester groups is 2. The number of hydrogen-bond acceptors (Lipinski definition) is 20. The molecular weight excluding hydrogens is 1460 g/mol. The SMILES string of the molecule is CCCCCC/C=C\CCCC(=O)OC(CCCCCCC)CCOCC(COP(=O)([O-])OCCNC(=O)CC(=O)NCCOP(=O)([O-])OCC(COCCC(CCCCCCC)OC(=O)CCC/C=C\CCCCCC)NC(=O)C[C@H](O)CCCCCCCCCCC)NC(=O)C[C@H](O)CCCCCCCCCCC. The second-order valence-electron chi connectivity index (χ2n) is 30.3. The van der Waals surface area contributed by atoms with Crippen molar-refractivity contribution in [2.24, 2.45) is 0 Å². The van der Waals surface area contributed by atoms with E-state index in [1.165, 1.54) is 103 Å². The highest BCUT2D eigenvalue weighted by Crippen LogP contribution is 2.39. The minimum Gasteiger partial charge on any atom is -0.756 e. The van der Waals surface area contributed by atoms with Crippen LogP contribution in [0.25, 0.3) is 0 Å². The van der Waals surface area contributed by atoms with Crippen LogP contribution in [0.4, 0.5) is 0 Å². The largest absolute Gasteiger partial charge is 0.756 e. The molecule has 0 bridgehead atoms. The fourth-order valence-electron chi connectivity index (χ4n) is 12.7. The summed E-state index contributed by atoms with van der Waals surface area (Å²) in [7, 11) is -10.1. The van der Waals surface area contributed by atoms with Gasteiger partial charge >= 0.3 is 11.9 Å². The van der Waals surface area contributed by atoms with E-state index in [2.05, 4.69) is 87.1 Å². The molecule has 0 spiro atoms. The molecule has 6 N–H and O–H groups in total. The minimum atomic E-state index is -5.06. The Balaban J connectivity index is 5.66. The molecule has 0 radical (unpaired) electrons. The van der Waals surface area contributed by atoms with Crippen LogP contribution in [0, 0.1) is 0 Å². The highest BCUT2D eigenvalue weighted by Gasteiger charge is 2.24. The van der Waals surface area contributed by atoms with Crippen molar-refractivity contribution in [1.29, 1.82) is 0 Å². The first-order valence-electron chi connectivity index (χ1n) is 44.2. The van der Waals surface area contributed by atoms with Crippen molar-refractivity contribution in [2.45, 2.75) is 418 Å². The molecule has 0 fully saturated rings. The lowest BCUT2D eigenvalue weighted by Crippen LogP contribution is -2.43. The maximum atomic E-state index is 13.3. The summed E-state index contributed by atoms with van der Waals surface area (Å²) in [5.41, 5.74) is 0. The summed E-state index contributed by atoms with van der Waals surface area (Å²) in [4.78, 5) is 104. The molecule has 8 atom stereocenters. The number of amides is 4. The molecule has 0 saturated carbocycles. The van der Waals surface area contributed by atoms with Crippen LogP contribution in [-0.4, -0.2) is 148 Å². The molecule has 0 rings (SSSR count). The molecule has 0 aromatic carbocycles. The topological polar surface area (TPSA) is 345 Å². The van der Waals surface area contributed by atoms with Crippen LogP contribution in [0.1, 0.15) is 382 Å². The molecular formula is C85H160N4O20P2-2. The fraction of sp³-hybridized carbons (Fsp3) is 0.882. The monoisotopic (exact) mass is 1620 g/mol. The summed E-state index contributed by atoms with van der Waals surface area (Å²) >= 11 is 0. The third-order valence-corrected chi connectivity index (χ3v) is 21.3. The zero-order valence-electron chi connectivity index (χ0n) is 70.5. The lowest BCUT2D eigenvalue weighted by molar-refractivity contribution is -0.227. The molecule has 0 aromatic heterocycles. The van der Waals surface area contributed by atoms with Crippen molar-refractivity contribution in [3.63, 3.8) is 0 Å². The number of esters is 2. The molecule has 0 aromatic rings. The number of nitrogens with one attached hydrogen (secondary N) is 4. The van der Waals surface area contributed by atoms with Gasteiger partial charge in [-0.1, -0.05) is 271 Å². The second kappa shape index (κ2) is 77.6. The molecule has 26 heteroatoms. The smallest absolute Gasteiger partial charge is 0.306 e. The van der Waals surface area contributed by atoms with Gasteiger partial charge in [0.15, 0.2) is 0 Å². The number of unbranched alkanes of at least 4 members (excludes halogenated alkanes) is 34. The lowest BCUT2D eigenvalue weighted by atomic mass is 10.0. The maximum absolute atomic E-state index is 13.3. The van der Waals surface area contributed by atoms with Gasteiger partial charge in [0.25, 0.3) is 15.6 Å². The van der Waals surface area contributed by atoms with E-state index in [1.54, 1.807) is 0 Å². The van der Waals surface area contributed by atoms with E-state index in [0.717, 1.165) is 154 Å². The van der Waals surface area contributed by atoms with Crippen LogP contribution in [0.15, 0.2) is 24.3 Å². The number of carbonyl (C=O) groups is 6. The summed E-state index contributed by atoms with van der Waals surface area (Å²) in [6, 6.07) is -2.00. The maximum Gasteiger partial charge on any atom is 0.306 e. The van der Waals surface area contributed by atoms with Gasteiger partial charge in [-0.15, -0.1) is 0 Å². The Bertz CT molecular complexity index is 2240. The van der Waals surface area contributed by atoms with Gasteiger partial charge in [0, 0.05) is 38.8 Å². The summed E-state index contributed by atoms with van der Waals surface area (Å²) in [6.45, 7) is 9.90. The highest BCUT2D eigenvalue weighted by atomic mass is 31.2. The van der Waals surface area contributed by atoms with E-state index < -0.39 is 109 Å². The molecule has 24 nitrogen and oxygen atoms in total. The van der Waals surface area contributed by atoms with E-state index in [1.807, 2.05) is 0 Å². The van der Waals surface area contributed by atoms with Gasteiger partial charge in [0.1, 0.15) is 18.6 Å². The van der Waals surface area contributed by atoms with Crippen molar-refractivity contribution in [3.05, 3.63) is 24.3 Å². The summed E-state index contributed by atoms with van der Waals surface area (Å²) in [5, 5.41) is 31.8. The summed E-state index contributed by atoms with van der Waals surface area (Å²) < 4.78 is 70.4. The van der Waals surface area contributed by atoms with Gasteiger partial charge in [-0.2, -0.15) is 0 Å². The molecule has 111 heavy (non-hydrogen) atoms. The van der Waals surface area contributed by atoms with Gasteiger partial charge in [0.2, 0.25) is 23.6 Å². The van der Waals surface area contributed by atoms with Crippen LogP contribution in [-0.2, 0) is 74.9 Å². The van der Waals surface area contributed by atoms with E-state index >= 15 is 0 Å². The van der Waals surface area contributed by atoms with Gasteiger partial charge in [-0.3, -0.25) is 37.9 Å². The highest BCUT2D eigenvalue weighted by molar-refractivity contribution is 7.46. The fourth-order valence-corrected chi connectivity index (χ4v) is 14.2. The number of rotatable bonds is 84. The molecule has 0 aliphatic carbocycles. The predicted molar refractivity (Wildman–Crippen MR) is 439 cm³/mol. The van der Waals surface area contributed by atoms with Crippen molar-refractivity contribution >= 4 is 51.2 Å². The first kappa shape index (κ1) is 107. The van der Waals surface area contributed by atoms with Gasteiger partial charge in [-0.05, 0) is 89.9 Å². The number of hydrogen-bond donors (Lipinski definition) is 6. The molecule has 652 valence electrons. The normalized spacial score (nSPS) is 14.5. The Kier molecular flexibility index (Phi) is 75.0. The number of ether oxygens (including phenoxy) is 4. The molecule has 0 heterocycles. The summed E-state index contributed by atoms with van der Waals surface area (Å²) in [5.74, 6) is -3.23. The number of aliphatic hydroxyl groups excluding tert-OH is 2. The zero-order chi connectivity index (χ0) is 81.8. The molecule has 6 unspecified atom stereocenters. The molecule has 0 aliphatic rings. The first-order chi connectivity index (χ1) is 53.7. The average Bonchev–Trinajstić information content (AvgIpc) is 0.911. The number of aliphatic hydroxyl groups is 2. The molecule has 0 aliphatic heterocycles. The van der Waals surface area contributed by atoms with Gasteiger partial charge < -0.3 is 78.3 Å². The number of carbonyl (C=O) groups excluding carboxylic acids is 6. The van der Waals surface area contributed by atoms with Crippen LogP contribution in [0.3, 0.4) is 0 Å². The van der Waals surface area contributed by atoms with E-state index in [9.17, 15) is 57.9 Å². The average molecular weight is 1620 g/mol. The number of phosphoric acid groups is 2. The summed E-state index contributed by atoms with van der Waals surface area (Å²) in [6.07, 6.45) is 53.2. The van der Waals surface area contributed by atoms with E-state index in [4.69, 9.17) is 37.0 Å². The number of allylic oxidation sites excluding steroid dienone is 4. The van der Waals surface area contributed by atoms with Crippen LogP contribution in [0.2, 0.25) is 0 Å². The standard InChI is InChI=1S/C85H162N4O20P2/c1-7-13-19-25-29-33-37-43-47-53-76(90)67-82(94)88-74(70-102-63-59-78(55-49-41-23-17-11-5)108-84(96)57-51-45-39-35-31-27-21-15-9-3)72-106-110(98,99)104-65-61-86-80(92)69-81(93)87-62-66-105-111(100,101)107-73-75(89-83(95)68-77(91)54-48-44-38-34-30-26-20-14-8-2)71-103-64-60-79(56-50-42-24-18-12-6)109-85(97)58-52-46-40-36-32-28-22-16-10-4/h35-36,39-40,74-79,90-91H,7-34,37-38,41-73H2,1-6H3,(H,86,92)(H,87,93)(H,88,94)(H,89,95)(H,98,99)(H,100,101)/p-2/b39-35-,40-36-/t74?,75?,76-,77-,78?,79?/m1/s1. The van der Waals surface area contributed by atoms with Crippen LogP contribution in [0.5, 0.6) is 0 Å². The molecule has 4 amide bonds. The Morgan fingerprint density at radius 3 is 0.955 bits per heavy atom. The zero-order valence-corrected chi connectivity index (χ0v) is 72.2. The predicted octanol–water partition coefficient (Wildman–Crippen LogP) is 17.7. The van der Waals surface area contributed by atoms with E-state index in [0.29, 0.717) is 64.2 Å².